The lowest BCUT2D eigenvalue weighted by Gasteiger charge is -2.11. The smallest absolute Gasteiger partial charge is 0.248 e. The molecule has 104 valence electrons. The van der Waals surface area contributed by atoms with Gasteiger partial charge >= 0.3 is 0 Å². The number of carbonyl (C=O) groups is 1. The summed E-state index contributed by atoms with van der Waals surface area (Å²) in [5.41, 5.74) is 12.3. The molecular formula is C14H12BrFN2O2. The SMILES string of the molecule is NC(=O)c1cccc(COc2c(N)cc(F)cc2Br)c1. The van der Waals surface area contributed by atoms with E-state index >= 15 is 0 Å². The van der Waals surface area contributed by atoms with E-state index in [1.54, 1.807) is 24.3 Å². The van der Waals surface area contributed by atoms with Crippen molar-refractivity contribution in [1.82, 2.24) is 0 Å². The van der Waals surface area contributed by atoms with Gasteiger partial charge in [0.15, 0.2) is 5.75 Å². The topological polar surface area (TPSA) is 78.3 Å². The van der Waals surface area contributed by atoms with Crippen LogP contribution in [-0.4, -0.2) is 5.91 Å². The van der Waals surface area contributed by atoms with Crippen LogP contribution in [0.2, 0.25) is 0 Å². The lowest BCUT2D eigenvalue weighted by molar-refractivity contribution is 0.1000. The zero-order chi connectivity index (χ0) is 14.7. The van der Waals surface area contributed by atoms with Gasteiger partial charge < -0.3 is 16.2 Å². The molecular weight excluding hydrogens is 327 g/mol. The molecule has 0 heterocycles. The van der Waals surface area contributed by atoms with Gasteiger partial charge in [0.2, 0.25) is 5.91 Å². The number of hydrogen-bond donors (Lipinski definition) is 2. The molecule has 2 aromatic carbocycles. The molecule has 0 bridgehead atoms. The maximum atomic E-state index is 13.1. The number of ether oxygens (including phenoxy) is 1. The summed E-state index contributed by atoms with van der Waals surface area (Å²) in [7, 11) is 0. The summed E-state index contributed by atoms with van der Waals surface area (Å²) in [5, 5.41) is 0. The van der Waals surface area contributed by atoms with E-state index in [1.165, 1.54) is 12.1 Å². The van der Waals surface area contributed by atoms with E-state index in [0.717, 1.165) is 5.56 Å². The summed E-state index contributed by atoms with van der Waals surface area (Å²) in [4.78, 5) is 11.1. The number of nitrogens with two attached hydrogens (primary N) is 2. The molecule has 0 fully saturated rings. The van der Waals surface area contributed by atoms with Gasteiger partial charge in [-0.15, -0.1) is 0 Å². The molecule has 0 radical (unpaired) electrons. The zero-order valence-electron chi connectivity index (χ0n) is 10.4. The summed E-state index contributed by atoms with van der Waals surface area (Å²) >= 11 is 3.19. The quantitative estimate of drug-likeness (QED) is 0.841. The molecule has 0 aliphatic rings. The van der Waals surface area contributed by atoms with Gasteiger partial charge in [-0.05, 0) is 39.7 Å². The maximum absolute atomic E-state index is 13.1. The average molecular weight is 339 g/mol. The number of hydrogen-bond acceptors (Lipinski definition) is 3. The first-order valence-electron chi connectivity index (χ1n) is 5.73. The molecule has 2 aromatic rings. The minimum atomic E-state index is -0.505. The van der Waals surface area contributed by atoms with Crippen LogP contribution >= 0.6 is 15.9 Å². The maximum Gasteiger partial charge on any atom is 0.248 e. The van der Waals surface area contributed by atoms with Gasteiger partial charge in [0.05, 0.1) is 10.2 Å². The van der Waals surface area contributed by atoms with E-state index in [4.69, 9.17) is 16.2 Å². The standard InChI is InChI=1S/C14H12BrFN2O2/c15-11-5-10(16)6-12(17)13(11)20-7-8-2-1-3-9(4-8)14(18)19/h1-6H,7,17H2,(H2,18,19). The van der Waals surface area contributed by atoms with Crippen molar-refractivity contribution in [3.8, 4) is 5.75 Å². The van der Waals surface area contributed by atoms with Crippen LogP contribution < -0.4 is 16.2 Å². The zero-order valence-corrected chi connectivity index (χ0v) is 12.0. The molecule has 1 amide bonds. The Morgan fingerprint density at radius 1 is 1.30 bits per heavy atom. The molecule has 0 atom stereocenters. The summed E-state index contributed by atoms with van der Waals surface area (Å²) in [6, 6.07) is 9.21. The number of primary amides is 1. The van der Waals surface area contributed by atoms with E-state index in [9.17, 15) is 9.18 Å². The fourth-order valence-corrected chi connectivity index (χ4v) is 2.26. The molecule has 6 heteroatoms. The van der Waals surface area contributed by atoms with Gasteiger partial charge in [-0.2, -0.15) is 0 Å². The molecule has 20 heavy (non-hydrogen) atoms. The molecule has 0 saturated carbocycles. The molecule has 4 N–H and O–H groups in total. The van der Waals surface area contributed by atoms with Gasteiger partial charge in [0, 0.05) is 11.6 Å². The first kappa shape index (κ1) is 14.3. The third-order valence-corrected chi connectivity index (χ3v) is 3.22. The highest BCUT2D eigenvalue weighted by atomic mass is 79.9. The fraction of sp³-hybridized carbons (Fsp3) is 0.0714. The second kappa shape index (κ2) is 5.92. The van der Waals surface area contributed by atoms with Crippen LogP contribution in [-0.2, 0) is 6.61 Å². The number of halogens is 2. The highest BCUT2D eigenvalue weighted by Gasteiger charge is 2.09. The lowest BCUT2D eigenvalue weighted by atomic mass is 10.1. The lowest BCUT2D eigenvalue weighted by Crippen LogP contribution is -2.11. The van der Waals surface area contributed by atoms with Crippen LogP contribution in [0, 0.1) is 5.82 Å². The molecule has 0 aromatic heterocycles. The Morgan fingerprint density at radius 3 is 2.70 bits per heavy atom. The Morgan fingerprint density at radius 2 is 2.05 bits per heavy atom. The van der Waals surface area contributed by atoms with Crippen LogP contribution in [0.3, 0.4) is 0 Å². The number of rotatable bonds is 4. The molecule has 2 rings (SSSR count). The van der Waals surface area contributed by atoms with Gasteiger partial charge in [-0.25, -0.2) is 4.39 Å². The number of carbonyl (C=O) groups excluding carboxylic acids is 1. The average Bonchev–Trinajstić information content (AvgIpc) is 2.37. The van der Waals surface area contributed by atoms with Gasteiger partial charge in [0.1, 0.15) is 12.4 Å². The van der Waals surface area contributed by atoms with E-state index < -0.39 is 11.7 Å². The predicted molar refractivity (Wildman–Crippen MR) is 77.8 cm³/mol. The third-order valence-electron chi connectivity index (χ3n) is 2.63. The van der Waals surface area contributed by atoms with E-state index in [0.29, 0.717) is 15.8 Å². The highest BCUT2D eigenvalue weighted by molar-refractivity contribution is 9.10. The van der Waals surface area contributed by atoms with Crippen LogP contribution in [0.5, 0.6) is 5.75 Å². The summed E-state index contributed by atoms with van der Waals surface area (Å²) in [5.74, 6) is -0.595. The van der Waals surface area contributed by atoms with Crippen molar-refractivity contribution in [2.75, 3.05) is 5.73 Å². The molecule has 0 spiro atoms. The van der Waals surface area contributed by atoms with Crippen molar-refractivity contribution in [1.29, 1.82) is 0 Å². The van der Waals surface area contributed by atoms with Crippen molar-refractivity contribution in [2.24, 2.45) is 5.73 Å². The second-order valence-electron chi connectivity index (χ2n) is 4.16. The first-order valence-corrected chi connectivity index (χ1v) is 6.52. The van der Waals surface area contributed by atoms with Crippen LogP contribution in [0.1, 0.15) is 15.9 Å². The fourth-order valence-electron chi connectivity index (χ4n) is 1.70. The molecule has 0 aliphatic carbocycles. The molecule has 0 unspecified atom stereocenters. The second-order valence-corrected chi connectivity index (χ2v) is 5.01. The van der Waals surface area contributed by atoms with Crippen molar-refractivity contribution in [3.05, 3.63) is 57.8 Å². The van der Waals surface area contributed by atoms with Crippen molar-refractivity contribution >= 4 is 27.5 Å². The third kappa shape index (κ3) is 3.27. The van der Waals surface area contributed by atoms with Crippen LogP contribution in [0.4, 0.5) is 10.1 Å². The Bertz CT molecular complexity index is 638. The Hall–Kier alpha value is -2.08. The van der Waals surface area contributed by atoms with Crippen molar-refractivity contribution < 1.29 is 13.9 Å². The largest absolute Gasteiger partial charge is 0.486 e. The first-order chi connectivity index (χ1) is 9.47. The highest BCUT2D eigenvalue weighted by Crippen LogP contribution is 2.33. The minimum Gasteiger partial charge on any atom is -0.486 e. The number of nitrogen functional groups attached to an aromatic ring is 1. The van der Waals surface area contributed by atoms with Crippen molar-refractivity contribution in [3.63, 3.8) is 0 Å². The van der Waals surface area contributed by atoms with Gasteiger partial charge in [0.25, 0.3) is 0 Å². The number of anilines is 1. The summed E-state index contributed by atoms with van der Waals surface area (Å²) in [6.07, 6.45) is 0. The van der Waals surface area contributed by atoms with E-state index in [2.05, 4.69) is 15.9 Å². The predicted octanol–water partition coefficient (Wildman–Crippen LogP) is 2.85. The van der Waals surface area contributed by atoms with E-state index in [1.807, 2.05) is 0 Å². The minimum absolute atomic E-state index is 0.190. The summed E-state index contributed by atoms with van der Waals surface area (Å²) < 4.78 is 19.1. The summed E-state index contributed by atoms with van der Waals surface area (Å²) in [6.45, 7) is 0.190. The Balaban J connectivity index is 2.17. The number of amides is 1. The Labute approximate surface area is 123 Å². The Kier molecular flexibility index (Phi) is 4.24. The monoisotopic (exact) mass is 338 g/mol. The molecule has 4 nitrogen and oxygen atoms in total. The molecule has 0 aliphatic heterocycles. The van der Waals surface area contributed by atoms with Gasteiger partial charge in [-0.3, -0.25) is 4.79 Å². The normalized spacial score (nSPS) is 10.3. The van der Waals surface area contributed by atoms with Crippen molar-refractivity contribution in [2.45, 2.75) is 6.61 Å². The van der Waals surface area contributed by atoms with Crippen LogP contribution in [0.25, 0.3) is 0 Å². The van der Waals surface area contributed by atoms with Gasteiger partial charge in [-0.1, -0.05) is 12.1 Å². The van der Waals surface area contributed by atoms with Crippen LogP contribution in [0.15, 0.2) is 40.9 Å². The van der Waals surface area contributed by atoms with E-state index in [-0.39, 0.29) is 12.3 Å². The molecule has 0 saturated heterocycles. The number of benzene rings is 2.